The molecule has 0 aromatic rings. The Morgan fingerprint density at radius 1 is 0.857 bits per heavy atom. The third-order valence-electron chi connectivity index (χ3n) is 3.38. The number of alkyl halides is 9. The van der Waals surface area contributed by atoms with Crippen LogP contribution in [-0.4, -0.2) is 50.7 Å². The number of rotatable bonds is 7. The van der Waals surface area contributed by atoms with Crippen LogP contribution in [0.15, 0.2) is 0 Å². The molecule has 0 bridgehead atoms. The van der Waals surface area contributed by atoms with Crippen molar-refractivity contribution in [3.05, 3.63) is 0 Å². The van der Waals surface area contributed by atoms with E-state index in [0.717, 1.165) is 6.92 Å². The Morgan fingerprint density at radius 2 is 1.21 bits per heavy atom. The molecule has 0 saturated carbocycles. The highest BCUT2D eigenvalue weighted by Crippen LogP contribution is 2.40. The highest BCUT2D eigenvalue weighted by molar-refractivity contribution is 8.09. The molecule has 0 rings (SSSR count). The van der Waals surface area contributed by atoms with Gasteiger partial charge in [-0.05, 0) is 6.42 Å². The lowest BCUT2D eigenvalue weighted by Gasteiger charge is -2.27. The summed E-state index contributed by atoms with van der Waals surface area (Å²) in [5, 5.41) is 0. The van der Waals surface area contributed by atoms with Gasteiger partial charge < -0.3 is 4.74 Å². The van der Waals surface area contributed by atoms with Crippen LogP contribution >= 0.6 is 0 Å². The minimum atomic E-state index is -7.30. The first-order chi connectivity index (χ1) is 12.1. The van der Waals surface area contributed by atoms with Crippen molar-refractivity contribution in [1.82, 2.24) is 0 Å². The molecule has 0 aromatic carbocycles. The van der Waals surface area contributed by atoms with Crippen molar-refractivity contribution >= 4 is 25.6 Å². The average molecular weight is 476 g/mol. The molecule has 6 nitrogen and oxygen atoms in total. The molecule has 0 spiro atoms. The van der Waals surface area contributed by atoms with Gasteiger partial charge in [0.1, 0.15) is 0 Å². The maximum absolute atomic E-state index is 12.9. The quantitative estimate of drug-likeness (QED) is 0.414. The van der Waals surface area contributed by atoms with Gasteiger partial charge in [-0.15, -0.1) is 0 Å². The Balaban J connectivity index is 6.41. The third-order valence-corrected chi connectivity index (χ3v) is 7.96. The molecule has 0 aliphatic rings. The van der Waals surface area contributed by atoms with Gasteiger partial charge in [-0.2, -0.15) is 39.5 Å². The highest BCUT2D eigenvalue weighted by Gasteiger charge is 2.64. The molecule has 0 fully saturated rings. The van der Waals surface area contributed by atoms with E-state index in [2.05, 4.69) is 4.74 Å². The number of halogens is 9. The first kappa shape index (κ1) is 26.7. The van der Waals surface area contributed by atoms with Crippen LogP contribution in [0.3, 0.4) is 0 Å². The van der Waals surface area contributed by atoms with Crippen molar-refractivity contribution in [3.63, 3.8) is 0 Å². The molecule has 0 radical (unpaired) electrons. The van der Waals surface area contributed by atoms with E-state index in [0.29, 0.717) is 0 Å². The van der Waals surface area contributed by atoms with Crippen molar-refractivity contribution in [2.24, 2.45) is 5.92 Å². The fourth-order valence-corrected chi connectivity index (χ4v) is 5.01. The molecule has 0 N–H and O–H groups in total. The van der Waals surface area contributed by atoms with E-state index in [1.165, 1.54) is 6.92 Å². The molecule has 2 unspecified atom stereocenters. The third kappa shape index (κ3) is 5.87. The summed E-state index contributed by atoms with van der Waals surface area (Å²) < 4.78 is 159. The normalized spacial score (nSPS) is 16.7. The van der Waals surface area contributed by atoms with E-state index >= 15 is 0 Å². The van der Waals surface area contributed by atoms with E-state index < -0.39 is 65.9 Å². The van der Waals surface area contributed by atoms with E-state index in [1.807, 2.05) is 0 Å². The Morgan fingerprint density at radius 3 is 1.46 bits per heavy atom. The lowest BCUT2D eigenvalue weighted by atomic mass is 10.1. The molecule has 0 aliphatic heterocycles. The molecule has 0 aromatic heterocycles. The average Bonchev–Trinajstić information content (AvgIpc) is 2.46. The van der Waals surface area contributed by atoms with Crippen LogP contribution in [0.25, 0.3) is 0 Å². The number of carbonyl (C=O) groups is 1. The standard InChI is InChI=1S/C11H13F9O6S2/c1-3-5(2)8(21)26-6(9(12,13)14)4-7(27(22,23)10(15,16)17)28(24,25)11(18,19)20/h5-7H,3-4H2,1-2H3. The Kier molecular flexibility index (Phi) is 7.86. The molecule has 0 amide bonds. The van der Waals surface area contributed by atoms with Gasteiger partial charge in [-0.25, -0.2) is 16.8 Å². The van der Waals surface area contributed by atoms with Crippen LogP contribution in [0.4, 0.5) is 39.5 Å². The second kappa shape index (κ2) is 8.23. The van der Waals surface area contributed by atoms with Gasteiger partial charge in [0.25, 0.3) is 19.7 Å². The second-order valence-corrected chi connectivity index (χ2v) is 9.97. The summed E-state index contributed by atoms with van der Waals surface area (Å²) in [5.41, 5.74) is -13.3. The number of hydrogen-bond acceptors (Lipinski definition) is 6. The van der Waals surface area contributed by atoms with Gasteiger partial charge in [0.05, 0.1) is 5.92 Å². The van der Waals surface area contributed by atoms with Gasteiger partial charge >= 0.3 is 23.2 Å². The summed E-state index contributed by atoms with van der Waals surface area (Å²) in [7, 11) is -14.6. The zero-order valence-electron chi connectivity index (χ0n) is 13.8. The summed E-state index contributed by atoms with van der Waals surface area (Å²) in [5.74, 6) is -3.01. The summed E-state index contributed by atoms with van der Waals surface area (Å²) in [4.78, 5) is 11.4. The SMILES string of the molecule is CCC(C)C(=O)OC(CC(S(=O)(=O)C(F)(F)F)S(=O)(=O)C(F)(F)F)C(F)(F)F. The van der Waals surface area contributed by atoms with E-state index in [-0.39, 0.29) is 6.42 Å². The lowest BCUT2D eigenvalue weighted by Crippen LogP contribution is -2.49. The monoisotopic (exact) mass is 476 g/mol. The Labute approximate surface area is 152 Å². The number of esters is 1. The Bertz CT molecular complexity index is 720. The van der Waals surface area contributed by atoms with Crippen LogP contribution < -0.4 is 0 Å². The summed E-state index contributed by atoms with van der Waals surface area (Å²) in [6.07, 6.45) is -12.7. The van der Waals surface area contributed by atoms with Gasteiger partial charge in [-0.1, -0.05) is 13.8 Å². The Hall–Kier alpha value is -1.26. The number of carbonyl (C=O) groups excluding carboxylic acids is 1. The maximum atomic E-state index is 12.9. The van der Waals surface area contributed by atoms with Crippen molar-refractivity contribution in [2.75, 3.05) is 0 Å². The predicted molar refractivity (Wildman–Crippen MR) is 73.7 cm³/mol. The minimum Gasteiger partial charge on any atom is -0.452 e. The fraction of sp³-hybridized carbons (Fsp3) is 0.909. The van der Waals surface area contributed by atoms with Crippen molar-refractivity contribution in [1.29, 1.82) is 0 Å². The molecular weight excluding hydrogens is 463 g/mol. The van der Waals surface area contributed by atoms with E-state index in [4.69, 9.17) is 0 Å². The van der Waals surface area contributed by atoms with Crippen LogP contribution in [0.2, 0.25) is 0 Å². The second-order valence-electron chi connectivity index (χ2n) is 5.42. The molecule has 28 heavy (non-hydrogen) atoms. The molecular formula is C11H13F9O6S2. The minimum absolute atomic E-state index is 0.144. The molecule has 17 heteroatoms. The van der Waals surface area contributed by atoms with Crippen molar-refractivity contribution < 1.29 is 65.9 Å². The molecule has 2 atom stereocenters. The van der Waals surface area contributed by atoms with Gasteiger partial charge in [-0.3, -0.25) is 4.79 Å². The van der Waals surface area contributed by atoms with Crippen LogP contribution in [0.5, 0.6) is 0 Å². The first-order valence-corrected chi connectivity index (χ1v) is 10.1. The summed E-state index contributed by atoms with van der Waals surface area (Å²) >= 11 is 0. The van der Waals surface area contributed by atoms with Crippen molar-refractivity contribution in [3.8, 4) is 0 Å². The summed E-state index contributed by atoms with van der Waals surface area (Å²) in [6.45, 7) is 2.28. The first-order valence-electron chi connectivity index (χ1n) is 6.98. The van der Waals surface area contributed by atoms with E-state index in [9.17, 15) is 61.1 Å². The van der Waals surface area contributed by atoms with E-state index in [1.54, 1.807) is 0 Å². The number of hydrogen-bond donors (Lipinski definition) is 0. The van der Waals surface area contributed by atoms with Crippen LogP contribution in [-0.2, 0) is 29.2 Å². The van der Waals surface area contributed by atoms with Crippen LogP contribution in [0.1, 0.15) is 26.7 Å². The van der Waals surface area contributed by atoms with Gasteiger partial charge in [0, 0.05) is 6.42 Å². The molecule has 168 valence electrons. The summed E-state index contributed by atoms with van der Waals surface area (Å²) in [6, 6.07) is 0. The topological polar surface area (TPSA) is 94.6 Å². The zero-order chi connectivity index (χ0) is 22.9. The fourth-order valence-electron chi connectivity index (χ4n) is 1.56. The lowest BCUT2D eigenvalue weighted by molar-refractivity contribution is -0.224. The molecule has 0 aliphatic carbocycles. The zero-order valence-corrected chi connectivity index (χ0v) is 15.4. The highest BCUT2D eigenvalue weighted by atomic mass is 32.3. The smallest absolute Gasteiger partial charge is 0.452 e. The van der Waals surface area contributed by atoms with Crippen molar-refractivity contribution in [2.45, 2.75) is 54.6 Å². The van der Waals surface area contributed by atoms with Crippen LogP contribution in [0, 0.1) is 5.92 Å². The largest absolute Gasteiger partial charge is 0.498 e. The number of sulfone groups is 2. The molecule has 0 saturated heterocycles. The number of ether oxygens (including phenoxy) is 1. The predicted octanol–water partition coefficient (Wildman–Crippen LogP) is 3.09. The molecule has 0 heterocycles. The van der Waals surface area contributed by atoms with Gasteiger partial charge in [0.2, 0.25) is 0 Å². The van der Waals surface area contributed by atoms with Gasteiger partial charge in [0.15, 0.2) is 10.7 Å². The maximum Gasteiger partial charge on any atom is 0.498 e.